The molecule has 0 saturated carbocycles. The Morgan fingerprint density at radius 3 is 1.95 bits per heavy atom. The van der Waals surface area contributed by atoms with Gasteiger partial charge in [0.15, 0.2) is 0 Å². The van der Waals surface area contributed by atoms with Crippen LogP contribution in [0.15, 0.2) is 164 Å². The van der Waals surface area contributed by atoms with Crippen molar-refractivity contribution >= 4 is 28.0 Å². The molecule has 0 radical (unpaired) electrons. The zero-order chi connectivity index (χ0) is 39.0. The lowest BCUT2D eigenvalue weighted by Crippen LogP contribution is -2.17. The molecule has 276 valence electrons. The van der Waals surface area contributed by atoms with Gasteiger partial charge >= 0.3 is 0 Å². The summed E-state index contributed by atoms with van der Waals surface area (Å²) in [6.07, 6.45) is 5.50. The molecule has 0 saturated heterocycles. The zero-order valence-corrected chi connectivity index (χ0v) is 32.8. The first-order valence-corrected chi connectivity index (χ1v) is 19.1. The maximum Gasteiger partial charge on any atom is 0.138 e. The highest BCUT2D eigenvalue weighted by molar-refractivity contribution is 5.99. The van der Waals surface area contributed by atoms with E-state index in [4.69, 9.17) is 9.97 Å². The average Bonchev–Trinajstić information content (AvgIpc) is 3.21. The van der Waals surface area contributed by atoms with Crippen molar-refractivity contribution in [2.45, 2.75) is 52.4 Å². The minimum atomic E-state index is -0.276. The summed E-state index contributed by atoms with van der Waals surface area (Å²) in [5.74, 6) is 1.06. The predicted molar refractivity (Wildman–Crippen MR) is 233 cm³/mol. The molecule has 8 rings (SSSR count). The van der Waals surface area contributed by atoms with Crippen molar-refractivity contribution in [3.05, 3.63) is 175 Å². The number of pyridine rings is 3. The number of aromatic nitrogens is 3. The summed E-state index contributed by atoms with van der Waals surface area (Å²) in [5.41, 5.74) is 11.0. The second kappa shape index (κ2) is 14.6. The smallest absolute Gasteiger partial charge is 0.138 e. The Kier molecular flexibility index (Phi) is 9.47. The highest BCUT2D eigenvalue weighted by Gasteiger charge is 2.27. The topological polar surface area (TPSA) is 62.1 Å². The molecular weight excluding hydrogens is 685 g/mol. The van der Waals surface area contributed by atoms with Gasteiger partial charge in [-0.05, 0) is 105 Å². The van der Waals surface area contributed by atoms with E-state index < -0.39 is 0 Å². The quantitative estimate of drug-likeness (QED) is 0.177. The first kappa shape index (κ1) is 36.4. The Hall–Kier alpha value is -6.59. The van der Waals surface area contributed by atoms with Gasteiger partial charge in [-0.2, -0.15) is 0 Å². The molecule has 0 aliphatic rings. The van der Waals surface area contributed by atoms with Gasteiger partial charge in [-0.1, -0.05) is 126 Å². The van der Waals surface area contributed by atoms with Gasteiger partial charge < -0.3 is 5.11 Å². The van der Waals surface area contributed by atoms with Crippen molar-refractivity contribution in [3.63, 3.8) is 0 Å². The maximum absolute atomic E-state index is 12.0. The maximum atomic E-state index is 12.0. The summed E-state index contributed by atoms with van der Waals surface area (Å²) in [5, 5.41) is 14.3. The molecule has 3 aromatic heterocycles. The minimum Gasteiger partial charge on any atom is -0.507 e. The molecule has 0 bridgehead atoms. The molecule has 8 aromatic rings. The van der Waals surface area contributed by atoms with Crippen LogP contribution in [-0.4, -0.2) is 20.1 Å². The van der Waals surface area contributed by atoms with Crippen LogP contribution in [0, 0.1) is 0 Å². The van der Waals surface area contributed by atoms with E-state index in [1.54, 1.807) is 0 Å². The summed E-state index contributed by atoms with van der Waals surface area (Å²) in [4.78, 5) is 16.8. The van der Waals surface area contributed by atoms with E-state index in [2.05, 4.69) is 173 Å². The molecule has 5 nitrogen and oxygen atoms in total. The van der Waals surface area contributed by atoms with Gasteiger partial charge in [-0.25, -0.2) is 9.97 Å². The molecule has 0 unspecified atom stereocenters. The van der Waals surface area contributed by atoms with Crippen LogP contribution in [0.25, 0.3) is 55.5 Å². The average molecular weight is 731 g/mol. The molecule has 56 heavy (non-hydrogen) atoms. The van der Waals surface area contributed by atoms with E-state index >= 15 is 0 Å². The third-order valence-corrected chi connectivity index (χ3v) is 10.4. The summed E-state index contributed by atoms with van der Waals surface area (Å²) in [6, 6.07) is 50.5. The van der Waals surface area contributed by atoms with E-state index in [1.807, 2.05) is 42.9 Å². The Labute approximate surface area is 330 Å². The lowest BCUT2D eigenvalue weighted by molar-refractivity contribution is 0.446. The molecule has 0 amide bonds. The molecule has 5 heteroatoms. The van der Waals surface area contributed by atoms with Gasteiger partial charge in [0.25, 0.3) is 0 Å². The standard InChI is InChI=1S/C51H46N4O/c1-50(2,3)40-32-43(49(56)44(33-40)51(4,5)6)46-30-39(34-14-8-7-9-15-34)29-45(54-46)38-18-12-19-41(28-38)55(47-21-13-17-36-16-10-11-20-42(36)47)48-31-37(24-27-53-48)35-22-25-52-26-23-35/h7-33,56H,1-6H3. The Balaban J connectivity index is 1.34. The third kappa shape index (κ3) is 7.28. The second-order valence-electron chi connectivity index (χ2n) is 16.4. The highest BCUT2D eigenvalue weighted by Crippen LogP contribution is 2.44. The number of hydrogen-bond donors (Lipinski definition) is 1. The fourth-order valence-corrected chi connectivity index (χ4v) is 7.32. The summed E-state index contributed by atoms with van der Waals surface area (Å²) in [7, 11) is 0. The normalized spacial score (nSPS) is 11.8. The number of phenols is 1. The number of phenolic OH excluding ortho intramolecular Hbond substituents is 1. The van der Waals surface area contributed by atoms with E-state index in [-0.39, 0.29) is 16.6 Å². The first-order chi connectivity index (χ1) is 26.9. The van der Waals surface area contributed by atoms with Crippen molar-refractivity contribution in [3.8, 4) is 50.5 Å². The minimum absolute atomic E-state index is 0.134. The molecule has 0 spiro atoms. The summed E-state index contributed by atoms with van der Waals surface area (Å²) >= 11 is 0. The van der Waals surface area contributed by atoms with Crippen LogP contribution in [0.3, 0.4) is 0 Å². The number of nitrogens with zero attached hydrogens (tertiary/aromatic N) is 4. The van der Waals surface area contributed by atoms with Crippen LogP contribution < -0.4 is 4.90 Å². The van der Waals surface area contributed by atoms with Gasteiger partial charge in [0.1, 0.15) is 11.6 Å². The van der Waals surface area contributed by atoms with Crippen molar-refractivity contribution < 1.29 is 5.11 Å². The van der Waals surface area contributed by atoms with Crippen LogP contribution in [0.2, 0.25) is 0 Å². The molecule has 0 aliphatic heterocycles. The predicted octanol–water partition coefficient (Wildman–Crippen LogP) is 13.5. The molecular formula is C51H46N4O. The molecule has 1 N–H and O–H groups in total. The van der Waals surface area contributed by atoms with Gasteiger partial charge in [0, 0.05) is 46.4 Å². The number of anilines is 3. The summed E-state index contributed by atoms with van der Waals surface area (Å²) < 4.78 is 0. The van der Waals surface area contributed by atoms with E-state index in [0.717, 1.165) is 83.9 Å². The number of benzene rings is 5. The van der Waals surface area contributed by atoms with Gasteiger partial charge in [0.2, 0.25) is 0 Å². The Bertz CT molecular complexity index is 2670. The van der Waals surface area contributed by atoms with Gasteiger partial charge in [-0.15, -0.1) is 0 Å². The number of fused-ring (bicyclic) bond motifs is 1. The van der Waals surface area contributed by atoms with E-state index in [9.17, 15) is 5.11 Å². The number of hydrogen-bond acceptors (Lipinski definition) is 5. The fourth-order valence-electron chi connectivity index (χ4n) is 7.32. The van der Waals surface area contributed by atoms with Gasteiger partial charge in [-0.3, -0.25) is 9.88 Å². The highest BCUT2D eigenvalue weighted by atomic mass is 16.3. The van der Waals surface area contributed by atoms with Gasteiger partial charge in [0.05, 0.1) is 17.1 Å². The van der Waals surface area contributed by atoms with Crippen LogP contribution in [-0.2, 0) is 10.8 Å². The molecule has 3 heterocycles. The van der Waals surface area contributed by atoms with Crippen LogP contribution in [0.5, 0.6) is 5.75 Å². The zero-order valence-electron chi connectivity index (χ0n) is 32.8. The second-order valence-corrected chi connectivity index (χ2v) is 16.4. The van der Waals surface area contributed by atoms with E-state index in [1.165, 1.54) is 0 Å². The monoisotopic (exact) mass is 730 g/mol. The Morgan fingerprint density at radius 1 is 0.518 bits per heavy atom. The molecule has 0 aliphatic carbocycles. The van der Waals surface area contributed by atoms with E-state index in [0.29, 0.717) is 0 Å². The molecule has 0 atom stereocenters. The lowest BCUT2D eigenvalue weighted by atomic mass is 9.78. The largest absolute Gasteiger partial charge is 0.507 e. The fraction of sp³-hybridized carbons (Fsp3) is 0.157. The van der Waals surface area contributed by atoms with Crippen LogP contribution in [0.1, 0.15) is 52.7 Å². The van der Waals surface area contributed by atoms with Crippen LogP contribution in [0.4, 0.5) is 17.2 Å². The summed E-state index contributed by atoms with van der Waals surface area (Å²) in [6.45, 7) is 13.1. The molecule has 5 aromatic carbocycles. The van der Waals surface area contributed by atoms with Crippen molar-refractivity contribution in [2.24, 2.45) is 0 Å². The first-order valence-electron chi connectivity index (χ1n) is 19.1. The lowest BCUT2D eigenvalue weighted by Gasteiger charge is -2.28. The van der Waals surface area contributed by atoms with Crippen molar-refractivity contribution in [1.29, 1.82) is 0 Å². The van der Waals surface area contributed by atoms with Crippen molar-refractivity contribution in [1.82, 2.24) is 15.0 Å². The third-order valence-electron chi connectivity index (χ3n) is 10.4. The molecule has 0 fully saturated rings. The SMILES string of the molecule is CC(C)(C)c1cc(-c2cc(-c3ccccc3)cc(-c3cccc(N(c4cc(-c5ccncc5)ccn4)c4cccc5ccccc45)c3)n2)c(O)c(C(C)(C)C)c1. The Morgan fingerprint density at radius 2 is 1.18 bits per heavy atom. The number of rotatable bonds is 7. The number of aromatic hydroxyl groups is 1. The van der Waals surface area contributed by atoms with Crippen molar-refractivity contribution in [2.75, 3.05) is 4.90 Å². The van der Waals surface area contributed by atoms with Crippen LogP contribution >= 0.6 is 0 Å².